The van der Waals surface area contributed by atoms with Gasteiger partial charge in [-0.2, -0.15) is 10.2 Å². The third-order valence-electron chi connectivity index (χ3n) is 5.13. The van der Waals surface area contributed by atoms with E-state index in [4.69, 9.17) is 16.0 Å². The zero-order valence-electron chi connectivity index (χ0n) is 16.9. The molecule has 7 heteroatoms. The molecule has 1 N–H and O–H groups in total. The second-order valence-corrected chi connectivity index (χ2v) is 7.49. The summed E-state index contributed by atoms with van der Waals surface area (Å²) in [5.41, 5.74) is 7.61. The van der Waals surface area contributed by atoms with Gasteiger partial charge >= 0.3 is 5.91 Å². The van der Waals surface area contributed by atoms with Gasteiger partial charge in [0.15, 0.2) is 5.76 Å². The van der Waals surface area contributed by atoms with Gasteiger partial charge < -0.3 is 4.42 Å². The zero-order valence-corrected chi connectivity index (χ0v) is 17.7. The van der Waals surface area contributed by atoms with E-state index < -0.39 is 5.91 Å². The Morgan fingerprint density at radius 2 is 1.90 bits per heavy atom. The van der Waals surface area contributed by atoms with Crippen LogP contribution in [-0.4, -0.2) is 21.9 Å². The Labute approximate surface area is 179 Å². The van der Waals surface area contributed by atoms with Crippen LogP contribution in [0.4, 0.5) is 0 Å². The molecule has 2 aromatic heterocycles. The molecule has 0 saturated carbocycles. The lowest BCUT2D eigenvalue weighted by atomic mass is 10.1. The van der Waals surface area contributed by atoms with Crippen LogP contribution in [0.3, 0.4) is 0 Å². The Morgan fingerprint density at radius 1 is 1.17 bits per heavy atom. The molecule has 0 bridgehead atoms. The second-order valence-electron chi connectivity index (χ2n) is 7.09. The topological polar surface area (TPSA) is 72.4 Å². The largest absolute Gasteiger partial charge is 0.451 e. The van der Waals surface area contributed by atoms with Gasteiger partial charge in [0.1, 0.15) is 5.58 Å². The molecule has 0 radical (unpaired) electrons. The van der Waals surface area contributed by atoms with E-state index in [2.05, 4.69) is 15.6 Å². The molecule has 2 aromatic carbocycles. The minimum atomic E-state index is -0.390. The maximum Gasteiger partial charge on any atom is 0.307 e. The average molecular weight is 421 g/mol. The fourth-order valence-electron chi connectivity index (χ4n) is 3.44. The Hall–Kier alpha value is -3.38. The van der Waals surface area contributed by atoms with E-state index in [1.165, 1.54) is 0 Å². The van der Waals surface area contributed by atoms with Crippen molar-refractivity contribution in [3.05, 3.63) is 87.4 Å². The predicted molar refractivity (Wildman–Crippen MR) is 118 cm³/mol. The molecule has 0 aliphatic rings. The summed E-state index contributed by atoms with van der Waals surface area (Å²) >= 11 is 6.27. The van der Waals surface area contributed by atoms with Crippen LogP contribution >= 0.6 is 11.6 Å². The Morgan fingerprint density at radius 3 is 2.67 bits per heavy atom. The van der Waals surface area contributed by atoms with Crippen LogP contribution in [0.1, 0.15) is 38.6 Å². The SMILES string of the molecule is Cc1nn(Cc2ccccc2Cl)c(C)c1/C=N\NC(=O)c1oc2ccccc2c1C. The van der Waals surface area contributed by atoms with Crippen molar-refractivity contribution in [1.29, 1.82) is 0 Å². The monoisotopic (exact) mass is 420 g/mol. The van der Waals surface area contributed by atoms with Crippen molar-refractivity contribution in [2.75, 3.05) is 0 Å². The van der Waals surface area contributed by atoms with Gasteiger partial charge in [-0.25, -0.2) is 5.43 Å². The van der Waals surface area contributed by atoms with E-state index in [0.717, 1.165) is 33.5 Å². The first-order valence-corrected chi connectivity index (χ1v) is 9.92. The number of carbonyl (C=O) groups excluding carboxylic acids is 1. The number of carbonyl (C=O) groups is 1. The lowest BCUT2D eigenvalue weighted by Crippen LogP contribution is -2.18. The fourth-order valence-corrected chi connectivity index (χ4v) is 3.63. The summed E-state index contributed by atoms with van der Waals surface area (Å²) in [5, 5.41) is 10.3. The molecule has 4 aromatic rings. The lowest BCUT2D eigenvalue weighted by Gasteiger charge is -2.06. The van der Waals surface area contributed by atoms with Crippen molar-refractivity contribution in [3.8, 4) is 0 Å². The highest BCUT2D eigenvalue weighted by atomic mass is 35.5. The van der Waals surface area contributed by atoms with E-state index in [0.29, 0.717) is 17.2 Å². The summed E-state index contributed by atoms with van der Waals surface area (Å²) in [6.45, 7) is 6.29. The molecule has 152 valence electrons. The molecule has 2 heterocycles. The van der Waals surface area contributed by atoms with Gasteiger partial charge in [0.2, 0.25) is 0 Å². The highest BCUT2D eigenvalue weighted by Crippen LogP contribution is 2.24. The third-order valence-corrected chi connectivity index (χ3v) is 5.49. The number of aryl methyl sites for hydroxylation is 2. The van der Waals surface area contributed by atoms with Crippen LogP contribution in [0, 0.1) is 20.8 Å². The summed E-state index contributed by atoms with van der Waals surface area (Å²) in [6, 6.07) is 15.2. The Bertz CT molecular complexity index is 1270. The van der Waals surface area contributed by atoms with Gasteiger partial charge in [-0.3, -0.25) is 9.48 Å². The maximum absolute atomic E-state index is 12.5. The summed E-state index contributed by atoms with van der Waals surface area (Å²) in [5.74, 6) is -0.130. The van der Waals surface area contributed by atoms with Crippen LogP contribution in [0.25, 0.3) is 11.0 Å². The van der Waals surface area contributed by atoms with Crippen LogP contribution < -0.4 is 5.43 Å². The number of amides is 1. The lowest BCUT2D eigenvalue weighted by molar-refractivity contribution is 0.0929. The number of hydrogen-bond acceptors (Lipinski definition) is 4. The maximum atomic E-state index is 12.5. The molecule has 30 heavy (non-hydrogen) atoms. The van der Waals surface area contributed by atoms with Gasteiger partial charge in [-0.15, -0.1) is 0 Å². The molecule has 0 saturated heterocycles. The average Bonchev–Trinajstić information content (AvgIpc) is 3.21. The molecular weight excluding hydrogens is 400 g/mol. The van der Waals surface area contributed by atoms with Crippen molar-refractivity contribution < 1.29 is 9.21 Å². The summed E-state index contributed by atoms with van der Waals surface area (Å²) < 4.78 is 7.56. The number of nitrogens with zero attached hydrogens (tertiary/aromatic N) is 3. The molecule has 1 amide bonds. The van der Waals surface area contributed by atoms with E-state index in [9.17, 15) is 4.79 Å². The number of para-hydroxylation sites is 1. The molecule has 0 atom stereocenters. The van der Waals surface area contributed by atoms with Crippen molar-refractivity contribution in [3.63, 3.8) is 0 Å². The molecule has 0 spiro atoms. The van der Waals surface area contributed by atoms with E-state index in [-0.39, 0.29) is 5.76 Å². The highest BCUT2D eigenvalue weighted by molar-refractivity contribution is 6.31. The number of halogens is 1. The number of fused-ring (bicyclic) bond motifs is 1. The first-order valence-electron chi connectivity index (χ1n) is 9.54. The molecule has 4 rings (SSSR count). The van der Waals surface area contributed by atoms with E-state index >= 15 is 0 Å². The number of furan rings is 1. The van der Waals surface area contributed by atoms with Crippen LogP contribution in [0.2, 0.25) is 5.02 Å². The second kappa shape index (κ2) is 8.16. The summed E-state index contributed by atoms with van der Waals surface area (Å²) in [6.07, 6.45) is 1.61. The van der Waals surface area contributed by atoms with Gasteiger partial charge in [-0.1, -0.05) is 48.0 Å². The molecule has 6 nitrogen and oxygen atoms in total. The normalized spacial score (nSPS) is 11.5. The quantitative estimate of drug-likeness (QED) is 0.364. The first kappa shape index (κ1) is 19.9. The Balaban J connectivity index is 1.51. The van der Waals surface area contributed by atoms with E-state index in [1.54, 1.807) is 6.21 Å². The van der Waals surface area contributed by atoms with Crippen molar-refractivity contribution in [1.82, 2.24) is 15.2 Å². The summed E-state index contributed by atoms with van der Waals surface area (Å²) in [7, 11) is 0. The summed E-state index contributed by atoms with van der Waals surface area (Å²) in [4.78, 5) is 12.5. The van der Waals surface area contributed by atoms with Crippen molar-refractivity contribution in [2.24, 2.45) is 5.10 Å². The van der Waals surface area contributed by atoms with Crippen molar-refractivity contribution in [2.45, 2.75) is 27.3 Å². The van der Waals surface area contributed by atoms with Gasteiger partial charge in [0, 0.05) is 27.2 Å². The van der Waals surface area contributed by atoms with Crippen LogP contribution in [0.15, 0.2) is 58.0 Å². The van der Waals surface area contributed by atoms with Gasteiger partial charge in [-0.05, 0) is 38.5 Å². The molecule has 0 fully saturated rings. The van der Waals surface area contributed by atoms with Crippen LogP contribution in [-0.2, 0) is 6.54 Å². The molecule has 0 aliphatic heterocycles. The number of hydrogen-bond donors (Lipinski definition) is 1. The molecular formula is C23H21ClN4O2. The molecule has 0 unspecified atom stereocenters. The smallest absolute Gasteiger partial charge is 0.307 e. The molecule has 0 aliphatic carbocycles. The van der Waals surface area contributed by atoms with Crippen molar-refractivity contribution >= 4 is 34.7 Å². The number of rotatable bonds is 5. The third kappa shape index (κ3) is 3.74. The fraction of sp³-hybridized carbons (Fsp3) is 0.174. The minimum Gasteiger partial charge on any atom is -0.451 e. The number of nitrogens with one attached hydrogen (secondary N) is 1. The zero-order chi connectivity index (χ0) is 21.3. The first-order chi connectivity index (χ1) is 14.5. The standard InChI is InChI=1S/C23H21ClN4O2/c1-14-18-9-5-7-11-21(18)30-22(14)23(29)26-25-12-19-15(2)27-28(16(19)3)13-17-8-4-6-10-20(17)24/h4-12H,13H2,1-3H3,(H,26,29)/b25-12-. The predicted octanol–water partition coefficient (Wildman–Crippen LogP) is 5.02. The highest BCUT2D eigenvalue weighted by Gasteiger charge is 2.17. The van der Waals surface area contributed by atoms with Crippen LogP contribution in [0.5, 0.6) is 0 Å². The number of aromatic nitrogens is 2. The van der Waals surface area contributed by atoms with E-state index in [1.807, 2.05) is 74.0 Å². The number of hydrazone groups is 1. The minimum absolute atomic E-state index is 0.260. The Kier molecular flexibility index (Phi) is 5.42. The number of benzene rings is 2. The van der Waals surface area contributed by atoms with Gasteiger partial charge in [0.05, 0.1) is 18.5 Å². The van der Waals surface area contributed by atoms with Gasteiger partial charge in [0.25, 0.3) is 0 Å².